The third-order valence-electron chi connectivity index (χ3n) is 16.2. The minimum Gasteiger partial charge on any atom is -0.378 e. The van der Waals surface area contributed by atoms with Crippen molar-refractivity contribution in [3.05, 3.63) is 41.7 Å². The van der Waals surface area contributed by atoms with Gasteiger partial charge in [0.25, 0.3) is 0 Å². The van der Waals surface area contributed by atoms with Crippen LogP contribution in [0.5, 0.6) is 0 Å². The fourth-order valence-corrected chi connectivity index (χ4v) is 13.5. The number of ether oxygens (including phenoxy) is 1. The van der Waals surface area contributed by atoms with E-state index in [1.54, 1.807) is 18.0 Å². The van der Waals surface area contributed by atoms with Crippen molar-refractivity contribution in [1.29, 1.82) is 0 Å². The summed E-state index contributed by atoms with van der Waals surface area (Å²) in [5.74, 6) is 2.56. The van der Waals surface area contributed by atoms with E-state index in [9.17, 15) is 4.79 Å². The van der Waals surface area contributed by atoms with Crippen LogP contribution >= 0.6 is 12.2 Å². The van der Waals surface area contributed by atoms with Crippen LogP contribution < -0.4 is 0 Å². The number of hydrogen-bond donors (Lipinski definition) is 0. The number of pyridine rings is 1. The van der Waals surface area contributed by atoms with Gasteiger partial charge in [0.1, 0.15) is 0 Å². The highest BCUT2D eigenvalue weighted by Gasteiger charge is 2.69. The summed E-state index contributed by atoms with van der Waals surface area (Å²) in [6.45, 7) is 20.0. The summed E-state index contributed by atoms with van der Waals surface area (Å²) >= 11 is 6.49. The average molecular weight is 645 g/mol. The molecule has 252 valence electrons. The second-order valence-electron chi connectivity index (χ2n) is 18.9. The Morgan fingerprint density at radius 2 is 1.72 bits per heavy atom. The van der Waals surface area contributed by atoms with Gasteiger partial charge in [0.15, 0.2) is 5.78 Å². The molecule has 0 bridgehead atoms. The summed E-state index contributed by atoms with van der Waals surface area (Å²) in [7, 11) is 1.84. The van der Waals surface area contributed by atoms with Crippen molar-refractivity contribution in [3.63, 3.8) is 0 Å². The van der Waals surface area contributed by atoms with Gasteiger partial charge >= 0.3 is 0 Å². The molecule has 2 heterocycles. The molecule has 0 unspecified atom stereocenters. The summed E-state index contributed by atoms with van der Waals surface area (Å²) in [6, 6.07) is 3.83. The van der Waals surface area contributed by atoms with E-state index in [1.807, 2.05) is 19.2 Å². The number of carbonyl (C=O) groups excluding carboxylic acids is 1. The van der Waals surface area contributed by atoms with Crippen molar-refractivity contribution in [3.8, 4) is 0 Å². The molecule has 0 aromatic carbocycles. The molecule has 1 saturated heterocycles. The van der Waals surface area contributed by atoms with Crippen molar-refractivity contribution in [2.75, 3.05) is 20.2 Å². The highest BCUT2D eigenvalue weighted by molar-refractivity contribution is 7.80. The van der Waals surface area contributed by atoms with E-state index in [4.69, 9.17) is 17.0 Å². The number of allylic oxidation sites excluding steroid dienone is 2. The Bertz CT molecular complexity index is 1410. The van der Waals surface area contributed by atoms with Crippen molar-refractivity contribution in [2.24, 2.45) is 56.2 Å². The van der Waals surface area contributed by atoms with Crippen molar-refractivity contribution < 1.29 is 9.53 Å². The lowest BCUT2D eigenvalue weighted by molar-refractivity contribution is -0.189. The monoisotopic (exact) mass is 644 g/mol. The zero-order valence-corrected chi connectivity index (χ0v) is 30.9. The number of nitrogens with zero attached hydrogens (tertiary/aromatic N) is 2. The molecule has 7 rings (SSSR count). The SMILES string of the molecule is COC1CN(C(=S)[C@]23CCC(C)(C)C[C@H]2C2=CC[C@@H]4[C@@]5(C)CC[C@H](CC(=O)c6cccnc6)C(C)(C)[C@@H]5CC[C@@]4(C)[C@]2(C)CC3)C1. The molecule has 5 heteroatoms. The quantitative estimate of drug-likeness (QED) is 0.181. The third kappa shape index (κ3) is 4.62. The van der Waals surface area contributed by atoms with Gasteiger partial charge in [0.05, 0.1) is 11.1 Å². The first kappa shape index (κ1) is 32.9. The fourth-order valence-electron chi connectivity index (χ4n) is 13.0. The predicted molar refractivity (Wildman–Crippen MR) is 191 cm³/mol. The Balaban J connectivity index is 1.19. The molecular formula is C41H60N2O2S. The molecule has 5 aliphatic carbocycles. The number of Topliss-reactive ketones (excluding diaryl/α,β-unsaturated/α-hetero) is 1. The zero-order chi connectivity index (χ0) is 32.9. The summed E-state index contributed by atoms with van der Waals surface area (Å²) in [4.78, 5) is 21.4. The van der Waals surface area contributed by atoms with Gasteiger partial charge in [-0.05, 0) is 127 Å². The zero-order valence-electron chi connectivity index (χ0n) is 30.1. The number of methoxy groups -OCH3 is 1. The fraction of sp³-hybridized carbons (Fsp3) is 0.780. The molecule has 1 aromatic heterocycles. The highest BCUT2D eigenvalue weighted by atomic mass is 32.1. The van der Waals surface area contributed by atoms with Crippen LogP contribution in [0.25, 0.3) is 0 Å². The van der Waals surface area contributed by atoms with Gasteiger partial charge in [-0.3, -0.25) is 9.78 Å². The first-order valence-electron chi connectivity index (χ1n) is 18.6. The topological polar surface area (TPSA) is 42.4 Å². The molecule has 0 N–H and O–H groups in total. The maximum absolute atomic E-state index is 13.4. The van der Waals surface area contributed by atoms with Gasteiger partial charge in [-0.2, -0.15) is 0 Å². The number of fused-ring (bicyclic) bond motifs is 7. The van der Waals surface area contributed by atoms with Crippen LogP contribution in [0, 0.1) is 56.2 Å². The van der Waals surface area contributed by atoms with Crippen LogP contribution in [0.15, 0.2) is 36.2 Å². The smallest absolute Gasteiger partial charge is 0.164 e. The van der Waals surface area contributed by atoms with E-state index >= 15 is 0 Å². The number of likely N-dealkylation sites (tertiary alicyclic amines) is 1. The third-order valence-corrected chi connectivity index (χ3v) is 16.9. The van der Waals surface area contributed by atoms with Gasteiger partial charge < -0.3 is 9.64 Å². The lowest BCUT2D eigenvalue weighted by Crippen LogP contribution is -2.66. The van der Waals surface area contributed by atoms with Crippen LogP contribution in [0.4, 0.5) is 0 Å². The lowest BCUT2D eigenvalue weighted by Gasteiger charge is -2.72. The average Bonchev–Trinajstić information content (AvgIpc) is 2.98. The molecule has 4 saturated carbocycles. The van der Waals surface area contributed by atoms with E-state index in [2.05, 4.69) is 64.4 Å². The molecule has 0 radical (unpaired) electrons. The number of rotatable bonds is 5. The van der Waals surface area contributed by atoms with E-state index < -0.39 is 0 Å². The molecule has 5 fully saturated rings. The Labute approximate surface area is 284 Å². The minimum absolute atomic E-state index is 0.125. The first-order valence-corrected chi connectivity index (χ1v) is 19.0. The van der Waals surface area contributed by atoms with E-state index in [-0.39, 0.29) is 32.9 Å². The first-order chi connectivity index (χ1) is 21.6. The number of ketones is 1. The maximum atomic E-state index is 13.4. The normalized spacial score (nSPS) is 42.8. The van der Waals surface area contributed by atoms with Gasteiger partial charge in [-0.15, -0.1) is 0 Å². The van der Waals surface area contributed by atoms with Gasteiger partial charge in [0.2, 0.25) is 0 Å². The van der Waals surface area contributed by atoms with Gasteiger partial charge in [-0.1, -0.05) is 72.3 Å². The van der Waals surface area contributed by atoms with Crippen LogP contribution in [0.3, 0.4) is 0 Å². The van der Waals surface area contributed by atoms with Crippen molar-refractivity contribution in [2.45, 2.75) is 125 Å². The van der Waals surface area contributed by atoms with E-state index in [0.717, 1.165) is 25.1 Å². The molecule has 1 aliphatic heterocycles. The molecular weight excluding hydrogens is 585 g/mol. The van der Waals surface area contributed by atoms with Crippen LogP contribution in [0.2, 0.25) is 0 Å². The molecule has 8 atom stereocenters. The second-order valence-corrected chi connectivity index (χ2v) is 19.3. The maximum Gasteiger partial charge on any atom is 0.164 e. The Morgan fingerprint density at radius 1 is 0.978 bits per heavy atom. The Hall–Kier alpha value is -1.59. The van der Waals surface area contributed by atoms with E-state index in [1.165, 1.54) is 62.8 Å². The molecule has 0 spiro atoms. The Morgan fingerprint density at radius 3 is 2.41 bits per heavy atom. The minimum atomic E-state index is 0.125. The van der Waals surface area contributed by atoms with Crippen LogP contribution in [-0.2, 0) is 4.74 Å². The van der Waals surface area contributed by atoms with Gasteiger partial charge in [-0.25, -0.2) is 0 Å². The van der Waals surface area contributed by atoms with Crippen molar-refractivity contribution in [1.82, 2.24) is 9.88 Å². The molecule has 6 aliphatic rings. The predicted octanol–water partition coefficient (Wildman–Crippen LogP) is 9.73. The number of hydrogen-bond acceptors (Lipinski definition) is 4. The van der Waals surface area contributed by atoms with Crippen molar-refractivity contribution >= 4 is 23.0 Å². The number of carbonyl (C=O) groups is 1. The molecule has 4 nitrogen and oxygen atoms in total. The molecule has 1 aromatic rings. The second kappa shape index (κ2) is 11.0. The Kier molecular flexibility index (Phi) is 7.85. The number of aromatic nitrogens is 1. The summed E-state index contributed by atoms with van der Waals surface area (Å²) in [5, 5.41) is 0. The molecule has 46 heavy (non-hydrogen) atoms. The van der Waals surface area contributed by atoms with Gasteiger partial charge in [0, 0.05) is 50.0 Å². The standard InChI is InChI=1S/C41H60N2O2S/c1-36(2)17-19-41(35(46)43-25-29(26-43)45-8)20-18-39(6)30(31(41)23-36)11-12-34-38(5)15-13-28(22-32(44)27-10-9-21-42-24-27)37(3,4)33(38)14-16-40(34,39)7/h9-11,21,24,28-29,31,33-34H,12-20,22-23,25-26H2,1-8H3/t28-,31+,33+,34-,38+,39-,40-,41+/m1/s1. The van der Waals surface area contributed by atoms with Crippen LogP contribution in [0.1, 0.15) is 129 Å². The lowest BCUT2D eigenvalue weighted by atomic mass is 9.33. The highest BCUT2D eigenvalue weighted by Crippen LogP contribution is 2.76. The molecule has 0 amide bonds. The summed E-state index contributed by atoms with van der Waals surface area (Å²) < 4.78 is 5.68. The van der Waals surface area contributed by atoms with Crippen LogP contribution in [-0.4, -0.2) is 47.0 Å². The van der Waals surface area contributed by atoms with E-state index in [0.29, 0.717) is 41.6 Å². The largest absolute Gasteiger partial charge is 0.378 e. The summed E-state index contributed by atoms with van der Waals surface area (Å²) in [6.07, 6.45) is 19.7. The number of thiocarbonyl (C=S) groups is 1. The summed E-state index contributed by atoms with van der Waals surface area (Å²) in [5.41, 5.74) is 3.95.